The minimum absolute atomic E-state index is 0.0113. The van der Waals surface area contributed by atoms with Crippen LogP contribution in [0.25, 0.3) is 16.7 Å². The number of aliphatic carboxylic acids is 1. The van der Waals surface area contributed by atoms with E-state index in [9.17, 15) is 27.9 Å². The lowest BCUT2D eigenvalue weighted by atomic mass is 9.89. The van der Waals surface area contributed by atoms with Crippen LogP contribution in [0.3, 0.4) is 0 Å². The molecule has 2 aromatic carbocycles. The number of aryl methyl sites for hydroxylation is 1. The van der Waals surface area contributed by atoms with Gasteiger partial charge in [0.05, 0.1) is 12.0 Å². The molecule has 0 radical (unpaired) electrons. The molecular weight excluding hydrogens is 517 g/mol. The standard InChI is InChI=1S/C32H33F3N2O3/c1-4-21(17-29(38)39)26-10-7-11-28(19(26)2)37-31(40)30(23-8-5-6-9-23)24-14-12-22(13-15-24)25-16-27(32(33,34)35)20(3)36-18-25/h7,10-16,18,21H,4-6,8-9,17H2,1-3H3,(H,37,40)(H,38,39). The van der Waals surface area contributed by atoms with E-state index in [1.807, 2.05) is 32.0 Å². The van der Waals surface area contributed by atoms with Crippen LogP contribution < -0.4 is 5.32 Å². The quantitative estimate of drug-likeness (QED) is 0.277. The third kappa shape index (κ3) is 6.43. The molecule has 0 aliphatic heterocycles. The van der Waals surface area contributed by atoms with Gasteiger partial charge in [-0.3, -0.25) is 14.6 Å². The number of carbonyl (C=O) groups excluding carboxylic acids is 1. The lowest BCUT2D eigenvalue weighted by molar-refractivity contribution is -0.138. The monoisotopic (exact) mass is 550 g/mol. The minimum atomic E-state index is -4.49. The fourth-order valence-corrected chi connectivity index (χ4v) is 5.46. The normalized spacial score (nSPS) is 14.2. The molecule has 1 saturated carbocycles. The molecule has 0 saturated heterocycles. The summed E-state index contributed by atoms with van der Waals surface area (Å²) in [6.45, 7) is 5.17. The van der Waals surface area contributed by atoms with Crippen molar-refractivity contribution in [2.24, 2.45) is 0 Å². The highest BCUT2D eigenvalue weighted by molar-refractivity contribution is 6.26. The maximum absolute atomic E-state index is 13.7. The molecule has 1 aromatic heterocycles. The maximum atomic E-state index is 13.7. The van der Waals surface area contributed by atoms with E-state index in [1.54, 1.807) is 24.3 Å². The molecule has 1 atom stereocenters. The Morgan fingerprint density at radius 1 is 1.02 bits per heavy atom. The number of allylic oxidation sites excluding steroid dienone is 1. The Morgan fingerprint density at radius 2 is 1.70 bits per heavy atom. The van der Waals surface area contributed by atoms with Crippen LogP contribution >= 0.6 is 0 Å². The van der Waals surface area contributed by atoms with Crippen molar-refractivity contribution in [2.45, 2.75) is 71.4 Å². The van der Waals surface area contributed by atoms with Crippen molar-refractivity contribution in [3.8, 4) is 11.1 Å². The summed E-state index contributed by atoms with van der Waals surface area (Å²) in [5.41, 5.74) is 4.75. The number of carboxylic acids is 1. The number of anilines is 1. The topological polar surface area (TPSA) is 79.3 Å². The smallest absolute Gasteiger partial charge is 0.418 e. The molecule has 1 aliphatic carbocycles. The van der Waals surface area contributed by atoms with Gasteiger partial charge in [0.2, 0.25) is 0 Å². The third-order valence-corrected chi connectivity index (χ3v) is 7.66. The van der Waals surface area contributed by atoms with Crippen LogP contribution in [0.15, 0.2) is 60.3 Å². The zero-order chi connectivity index (χ0) is 29.0. The van der Waals surface area contributed by atoms with Gasteiger partial charge >= 0.3 is 12.1 Å². The van der Waals surface area contributed by atoms with Crippen molar-refractivity contribution in [2.75, 3.05) is 5.32 Å². The molecule has 1 unspecified atom stereocenters. The van der Waals surface area contributed by atoms with Gasteiger partial charge in [0.1, 0.15) is 0 Å². The average Bonchev–Trinajstić information content (AvgIpc) is 3.43. The lowest BCUT2D eigenvalue weighted by Crippen LogP contribution is -2.17. The zero-order valence-corrected chi connectivity index (χ0v) is 22.9. The van der Waals surface area contributed by atoms with Gasteiger partial charge in [-0.05, 0) is 86.3 Å². The van der Waals surface area contributed by atoms with E-state index >= 15 is 0 Å². The van der Waals surface area contributed by atoms with Crippen molar-refractivity contribution in [3.05, 3.63) is 88.2 Å². The van der Waals surface area contributed by atoms with Crippen LogP contribution in [0.1, 0.15) is 79.3 Å². The van der Waals surface area contributed by atoms with Crippen LogP contribution in [-0.2, 0) is 15.8 Å². The summed E-state index contributed by atoms with van der Waals surface area (Å²) in [5, 5.41) is 12.4. The minimum Gasteiger partial charge on any atom is -0.481 e. The Kier molecular flexibility index (Phi) is 8.76. The molecule has 3 aromatic rings. The molecule has 5 nitrogen and oxygen atoms in total. The molecule has 0 spiro atoms. The van der Waals surface area contributed by atoms with E-state index in [1.165, 1.54) is 13.1 Å². The molecular formula is C32H33F3N2O3. The lowest BCUT2D eigenvalue weighted by Gasteiger charge is -2.20. The fourth-order valence-electron chi connectivity index (χ4n) is 5.46. The van der Waals surface area contributed by atoms with Crippen molar-refractivity contribution < 1.29 is 27.9 Å². The Morgan fingerprint density at radius 3 is 2.30 bits per heavy atom. The second-order valence-corrected chi connectivity index (χ2v) is 10.3. The van der Waals surface area contributed by atoms with Gasteiger partial charge in [-0.1, -0.05) is 48.9 Å². The first kappa shape index (κ1) is 29.1. The average molecular weight is 551 g/mol. The Balaban J connectivity index is 1.65. The molecule has 2 N–H and O–H groups in total. The Hall–Kier alpha value is -3.94. The predicted molar refractivity (Wildman–Crippen MR) is 150 cm³/mol. The van der Waals surface area contributed by atoms with Crippen LogP contribution in [-0.4, -0.2) is 22.0 Å². The number of halogens is 3. The van der Waals surface area contributed by atoms with Crippen molar-refractivity contribution in [1.29, 1.82) is 0 Å². The number of pyridine rings is 1. The van der Waals surface area contributed by atoms with E-state index < -0.39 is 17.7 Å². The second kappa shape index (κ2) is 12.1. The zero-order valence-electron chi connectivity index (χ0n) is 22.9. The first-order valence-electron chi connectivity index (χ1n) is 13.5. The number of carboxylic acid groups (broad SMARTS) is 1. The number of nitrogens with one attached hydrogen (secondary N) is 1. The van der Waals surface area contributed by atoms with Gasteiger partial charge < -0.3 is 10.4 Å². The predicted octanol–water partition coefficient (Wildman–Crippen LogP) is 8.32. The summed E-state index contributed by atoms with van der Waals surface area (Å²) in [6.07, 6.45) is 1.18. The van der Waals surface area contributed by atoms with E-state index in [2.05, 4.69) is 10.3 Å². The molecule has 40 heavy (non-hydrogen) atoms. The van der Waals surface area contributed by atoms with E-state index in [0.717, 1.165) is 48.4 Å². The number of hydrogen-bond donors (Lipinski definition) is 2. The van der Waals surface area contributed by atoms with Crippen molar-refractivity contribution in [3.63, 3.8) is 0 Å². The number of carbonyl (C=O) groups is 2. The largest absolute Gasteiger partial charge is 0.481 e. The molecule has 1 heterocycles. The number of aromatic nitrogens is 1. The van der Waals surface area contributed by atoms with E-state index in [0.29, 0.717) is 34.4 Å². The Labute approximate surface area is 232 Å². The summed E-state index contributed by atoms with van der Waals surface area (Å²) >= 11 is 0. The maximum Gasteiger partial charge on any atom is 0.418 e. The van der Waals surface area contributed by atoms with E-state index in [4.69, 9.17) is 0 Å². The summed E-state index contributed by atoms with van der Waals surface area (Å²) in [5.74, 6) is -1.29. The van der Waals surface area contributed by atoms with Crippen molar-refractivity contribution >= 4 is 23.1 Å². The number of rotatable bonds is 8. The van der Waals surface area contributed by atoms with Gasteiger partial charge in [-0.25, -0.2) is 0 Å². The van der Waals surface area contributed by atoms with Gasteiger partial charge in [-0.2, -0.15) is 13.2 Å². The fraction of sp³-hybridized carbons (Fsp3) is 0.344. The first-order valence-corrected chi connectivity index (χ1v) is 13.5. The van der Waals surface area contributed by atoms with E-state index in [-0.39, 0.29) is 23.9 Å². The summed E-state index contributed by atoms with van der Waals surface area (Å²) in [7, 11) is 0. The Bertz CT molecular complexity index is 1430. The van der Waals surface area contributed by atoms with Crippen LogP contribution in [0.4, 0.5) is 18.9 Å². The third-order valence-electron chi connectivity index (χ3n) is 7.66. The SMILES string of the molecule is CCC(CC(=O)O)c1cccc(NC(=O)C(=C2CCCC2)c2ccc(-c3cnc(C)c(C(F)(F)F)c3)cc2)c1C. The number of alkyl halides is 3. The second-order valence-electron chi connectivity index (χ2n) is 10.3. The first-order chi connectivity index (χ1) is 19.0. The molecule has 1 fully saturated rings. The highest BCUT2D eigenvalue weighted by atomic mass is 19.4. The number of benzene rings is 2. The molecule has 8 heteroatoms. The number of hydrogen-bond acceptors (Lipinski definition) is 3. The molecule has 1 amide bonds. The summed E-state index contributed by atoms with van der Waals surface area (Å²) in [4.78, 5) is 29.0. The highest BCUT2D eigenvalue weighted by Gasteiger charge is 2.33. The van der Waals surface area contributed by atoms with Gasteiger partial charge in [0, 0.05) is 28.7 Å². The summed E-state index contributed by atoms with van der Waals surface area (Å²) < 4.78 is 40.2. The summed E-state index contributed by atoms with van der Waals surface area (Å²) in [6, 6.07) is 13.6. The number of nitrogens with zero attached hydrogens (tertiary/aromatic N) is 1. The number of amides is 1. The molecule has 0 bridgehead atoms. The molecule has 210 valence electrons. The van der Waals surface area contributed by atoms with Gasteiger partial charge in [0.15, 0.2) is 0 Å². The van der Waals surface area contributed by atoms with Crippen LogP contribution in [0, 0.1) is 13.8 Å². The van der Waals surface area contributed by atoms with Gasteiger partial charge in [-0.15, -0.1) is 0 Å². The highest BCUT2D eigenvalue weighted by Crippen LogP contribution is 2.37. The van der Waals surface area contributed by atoms with Crippen LogP contribution in [0.2, 0.25) is 0 Å². The molecule has 4 rings (SSSR count). The van der Waals surface area contributed by atoms with Gasteiger partial charge in [0.25, 0.3) is 5.91 Å². The van der Waals surface area contributed by atoms with Crippen LogP contribution in [0.5, 0.6) is 0 Å². The van der Waals surface area contributed by atoms with Crippen molar-refractivity contribution in [1.82, 2.24) is 4.98 Å². The molecule has 1 aliphatic rings.